The molecule has 76 valence electrons. The van der Waals surface area contributed by atoms with Crippen molar-refractivity contribution >= 4 is 28.9 Å². The first kappa shape index (κ1) is 11.0. The van der Waals surface area contributed by atoms with Gasteiger partial charge in [-0.2, -0.15) is 4.98 Å². The molecule has 0 fully saturated rings. The molecule has 0 atom stereocenters. The Bertz CT molecular complexity index is 387. The predicted molar refractivity (Wildman–Crippen MR) is 43.7 cm³/mol. The van der Waals surface area contributed by atoms with Gasteiger partial charge in [0.1, 0.15) is 0 Å². The first-order valence-corrected chi connectivity index (χ1v) is 3.84. The van der Waals surface area contributed by atoms with E-state index in [1.165, 1.54) is 0 Å². The van der Waals surface area contributed by atoms with Crippen LogP contribution in [-0.2, 0) is 0 Å². The van der Waals surface area contributed by atoms with Crippen molar-refractivity contribution in [2.24, 2.45) is 0 Å². The van der Waals surface area contributed by atoms with Crippen LogP contribution < -0.4 is 0 Å². The number of hydrogen-bond donors (Lipinski definition) is 0. The molecular formula is C5HCl2F2N3O2. The first-order valence-electron chi connectivity index (χ1n) is 3.09. The lowest BCUT2D eigenvalue weighted by Gasteiger charge is -2.01. The Balaban J connectivity index is 3.44. The second kappa shape index (κ2) is 3.97. The predicted octanol–water partition coefficient (Wildman–Crippen LogP) is 2.63. The molecule has 0 saturated heterocycles. The van der Waals surface area contributed by atoms with Gasteiger partial charge in [0, 0.05) is 0 Å². The zero-order valence-corrected chi connectivity index (χ0v) is 7.76. The van der Waals surface area contributed by atoms with Gasteiger partial charge in [-0.25, -0.2) is 13.8 Å². The third-order valence-electron chi connectivity index (χ3n) is 1.23. The number of nitro groups is 1. The van der Waals surface area contributed by atoms with Gasteiger partial charge in [0.25, 0.3) is 6.43 Å². The van der Waals surface area contributed by atoms with Crippen LogP contribution in [-0.4, -0.2) is 14.9 Å². The number of hydrogen-bond acceptors (Lipinski definition) is 4. The molecule has 14 heavy (non-hydrogen) atoms. The number of halogens is 4. The van der Waals surface area contributed by atoms with Crippen molar-refractivity contribution in [2.45, 2.75) is 6.43 Å². The Morgan fingerprint density at radius 3 is 2.36 bits per heavy atom. The summed E-state index contributed by atoms with van der Waals surface area (Å²) in [6.07, 6.45) is -3.13. The minimum atomic E-state index is -3.13. The average Bonchev–Trinajstić information content (AvgIpc) is 2.01. The Kier molecular flexibility index (Phi) is 3.12. The van der Waals surface area contributed by atoms with Gasteiger partial charge in [0.15, 0.2) is 5.69 Å². The van der Waals surface area contributed by atoms with Crippen LogP contribution in [0, 0.1) is 10.1 Å². The van der Waals surface area contributed by atoms with Crippen molar-refractivity contribution in [2.75, 3.05) is 0 Å². The highest BCUT2D eigenvalue weighted by atomic mass is 35.5. The summed E-state index contributed by atoms with van der Waals surface area (Å²) < 4.78 is 24.5. The van der Waals surface area contributed by atoms with Gasteiger partial charge in [0.05, 0.1) is 4.92 Å². The minimum Gasteiger partial charge on any atom is -0.258 e. The van der Waals surface area contributed by atoms with Gasteiger partial charge in [0.2, 0.25) is 10.4 Å². The summed E-state index contributed by atoms with van der Waals surface area (Å²) in [6, 6.07) is 0. The van der Waals surface area contributed by atoms with E-state index in [1.54, 1.807) is 0 Å². The number of alkyl halides is 2. The van der Waals surface area contributed by atoms with Crippen molar-refractivity contribution in [3.8, 4) is 0 Å². The normalized spacial score (nSPS) is 10.6. The first-order chi connectivity index (χ1) is 6.43. The van der Waals surface area contributed by atoms with Crippen LogP contribution in [0.25, 0.3) is 0 Å². The molecule has 0 spiro atoms. The Morgan fingerprint density at radius 2 is 1.93 bits per heavy atom. The molecule has 0 radical (unpaired) electrons. The van der Waals surface area contributed by atoms with E-state index in [-0.39, 0.29) is 0 Å². The maximum atomic E-state index is 12.2. The molecule has 1 aromatic rings. The third kappa shape index (κ3) is 2.05. The van der Waals surface area contributed by atoms with Crippen LogP contribution in [0.15, 0.2) is 0 Å². The Labute approximate surface area is 85.8 Å². The summed E-state index contributed by atoms with van der Waals surface area (Å²) >= 11 is 10.5. The van der Waals surface area contributed by atoms with Gasteiger partial charge >= 0.3 is 5.69 Å². The molecule has 1 heterocycles. The second-order valence-electron chi connectivity index (χ2n) is 2.08. The molecule has 1 aromatic heterocycles. The SMILES string of the molecule is O=[N+]([O-])c1c(Cl)nc(Cl)nc1C(F)F. The van der Waals surface area contributed by atoms with E-state index in [9.17, 15) is 18.9 Å². The van der Waals surface area contributed by atoms with Gasteiger partial charge in [-0.05, 0) is 11.6 Å². The second-order valence-corrected chi connectivity index (χ2v) is 2.77. The Morgan fingerprint density at radius 1 is 1.36 bits per heavy atom. The molecule has 0 aliphatic carbocycles. The number of aromatic nitrogens is 2. The summed E-state index contributed by atoms with van der Waals surface area (Å²) in [5, 5.41) is 9.06. The van der Waals surface area contributed by atoms with E-state index in [1.807, 2.05) is 0 Å². The summed E-state index contributed by atoms with van der Waals surface area (Å²) in [5.74, 6) is 0. The van der Waals surface area contributed by atoms with Crippen LogP contribution in [0.2, 0.25) is 10.4 Å². The molecule has 0 aliphatic rings. The fourth-order valence-electron chi connectivity index (χ4n) is 0.738. The van der Waals surface area contributed by atoms with E-state index in [4.69, 9.17) is 23.2 Å². The van der Waals surface area contributed by atoms with Crippen LogP contribution in [0.3, 0.4) is 0 Å². The van der Waals surface area contributed by atoms with E-state index >= 15 is 0 Å². The molecule has 0 saturated carbocycles. The molecule has 9 heteroatoms. The highest BCUT2D eigenvalue weighted by Crippen LogP contribution is 2.32. The van der Waals surface area contributed by atoms with Gasteiger partial charge < -0.3 is 0 Å². The van der Waals surface area contributed by atoms with Crippen molar-refractivity contribution in [3.63, 3.8) is 0 Å². The van der Waals surface area contributed by atoms with Gasteiger partial charge in [-0.15, -0.1) is 0 Å². The lowest BCUT2D eigenvalue weighted by molar-refractivity contribution is -0.386. The Hall–Kier alpha value is -1.08. The summed E-state index contributed by atoms with van der Waals surface area (Å²) in [5.41, 5.74) is -2.11. The number of nitrogens with zero attached hydrogens (tertiary/aromatic N) is 3. The molecule has 0 N–H and O–H groups in total. The minimum absolute atomic E-state index is 0.559. The third-order valence-corrected chi connectivity index (χ3v) is 1.66. The lowest BCUT2D eigenvalue weighted by Crippen LogP contribution is -2.02. The van der Waals surface area contributed by atoms with Crippen molar-refractivity contribution in [1.82, 2.24) is 9.97 Å². The maximum Gasteiger partial charge on any atom is 0.333 e. The molecule has 0 aliphatic heterocycles. The van der Waals surface area contributed by atoms with E-state index in [2.05, 4.69) is 9.97 Å². The monoisotopic (exact) mass is 243 g/mol. The van der Waals surface area contributed by atoms with E-state index in [0.717, 1.165) is 0 Å². The average molecular weight is 244 g/mol. The zero-order valence-electron chi connectivity index (χ0n) is 6.25. The van der Waals surface area contributed by atoms with Crippen LogP contribution in [0.1, 0.15) is 12.1 Å². The quantitative estimate of drug-likeness (QED) is 0.347. The van der Waals surface area contributed by atoms with Crippen molar-refractivity contribution in [3.05, 3.63) is 26.2 Å². The van der Waals surface area contributed by atoms with Crippen LogP contribution in [0.5, 0.6) is 0 Å². The molecule has 5 nitrogen and oxygen atoms in total. The zero-order chi connectivity index (χ0) is 10.9. The lowest BCUT2D eigenvalue weighted by atomic mass is 10.3. The van der Waals surface area contributed by atoms with Crippen LogP contribution >= 0.6 is 23.2 Å². The van der Waals surface area contributed by atoms with E-state index < -0.39 is 33.2 Å². The molecule has 0 bridgehead atoms. The summed E-state index contributed by atoms with van der Waals surface area (Å²) in [6.45, 7) is 0. The van der Waals surface area contributed by atoms with Crippen LogP contribution in [0.4, 0.5) is 14.5 Å². The van der Waals surface area contributed by atoms with Gasteiger partial charge in [-0.1, -0.05) is 11.6 Å². The molecule has 1 rings (SSSR count). The van der Waals surface area contributed by atoms with Gasteiger partial charge in [-0.3, -0.25) is 10.1 Å². The smallest absolute Gasteiger partial charge is 0.258 e. The summed E-state index contributed by atoms with van der Waals surface area (Å²) in [4.78, 5) is 15.5. The molecular weight excluding hydrogens is 243 g/mol. The van der Waals surface area contributed by atoms with Crippen molar-refractivity contribution < 1.29 is 13.7 Å². The highest BCUT2D eigenvalue weighted by Gasteiger charge is 2.28. The van der Waals surface area contributed by atoms with E-state index in [0.29, 0.717) is 0 Å². The topological polar surface area (TPSA) is 68.9 Å². The fraction of sp³-hybridized carbons (Fsp3) is 0.200. The highest BCUT2D eigenvalue weighted by molar-refractivity contribution is 6.33. The molecule has 0 amide bonds. The number of rotatable bonds is 2. The standard InChI is InChI=1S/C5HCl2F2N3O2/c6-3-2(12(13)14)1(4(8)9)10-5(7)11-3/h4H. The maximum absolute atomic E-state index is 12.2. The summed E-state index contributed by atoms with van der Waals surface area (Å²) in [7, 11) is 0. The molecule has 0 unspecified atom stereocenters. The molecule has 0 aromatic carbocycles. The fourth-order valence-corrected chi connectivity index (χ4v) is 1.20. The van der Waals surface area contributed by atoms with Crippen molar-refractivity contribution in [1.29, 1.82) is 0 Å². The largest absolute Gasteiger partial charge is 0.333 e.